The fourth-order valence-corrected chi connectivity index (χ4v) is 4.64. The molecule has 5 rings (SSSR count). The number of halogens is 1. The third-order valence-corrected chi connectivity index (χ3v) is 6.27. The van der Waals surface area contributed by atoms with E-state index in [-0.39, 0.29) is 5.91 Å². The molecule has 3 aromatic rings. The van der Waals surface area contributed by atoms with Crippen molar-refractivity contribution in [3.63, 3.8) is 0 Å². The molecule has 0 bridgehead atoms. The van der Waals surface area contributed by atoms with Gasteiger partial charge in [0.05, 0.1) is 5.57 Å². The Kier molecular flexibility index (Phi) is 4.91. The average molecular weight is 496 g/mol. The number of fused-ring (bicyclic) bond motifs is 2. The van der Waals surface area contributed by atoms with Crippen molar-refractivity contribution in [2.45, 2.75) is 32.2 Å². The molecule has 0 fully saturated rings. The molecule has 2 N–H and O–H groups in total. The lowest BCUT2D eigenvalue weighted by Gasteiger charge is -2.12. The van der Waals surface area contributed by atoms with Crippen LogP contribution in [0.2, 0.25) is 0 Å². The van der Waals surface area contributed by atoms with Crippen LogP contribution in [0.5, 0.6) is 0 Å². The zero-order valence-electron chi connectivity index (χ0n) is 15.9. The predicted molar refractivity (Wildman–Crippen MR) is 125 cm³/mol. The van der Waals surface area contributed by atoms with Crippen LogP contribution in [-0.4, -0.2) is 5.91 Å². The normalized spacial score (nSPS) is 16.4. The Bertz CT molecular complexity index is 1120. The molecule has 1 aliphatic heterocycles. The second-order valence-electron chi connectivity index (χ2n) is 7.48. The molecule has 0 atom stereocenters. The Morgan fingerprint density at radius 2 is 1.93 bits per heavy atom. The summed E-state index contributed by atoms with van der Waals surface area (Å²) in [5.74, 6) is 1.81. The highest BCUT2D eigenvalue weighted by atomic mass is 127. The summed E-state index contributed by atoms with van der Waals surface area (Å²) in [6, 6.07) is 16.2. The number of benzene rings is 2. The van der Waals surface area contributed by atoms with Crippen molar-refractivity contribution in [1.29, 1.82) is 0 Å². The van der Waals surface area contributed by atoms with Crippen LogP contribution in [0.15, 0.2) is 52.9 Å². The van der Waals surface area contributed by atoms with E-state index in [2.05, 4.69) is 45.4 Å². The van der Waals surface area contributed by atoms with Gasteiger partial charge >= 0.3 is 0 Å². The number of carbonyl (C=O) groups is 1. The van der Waals surface area contributed by atoms with E-state index < -0.39 is 0 Å². The Balaban J connectivity index is 1.55. The minimum Gasteiger partial charge on any atom is -0.461 e. The number of hydrogen-bond acceptors (Lipinski definition) is 3. The first-order valence-corrected chi connectivity index (χ1v) is 11.0. The number of furan rings is 1. The van der Waals surface area contributed by atoms with E-state index in [9.17, 15) is 4.79 Å². The van der Waals surface area contributed by atoms with E-state index in [4.69, 9.17) is 4.42 Å². The summed E-state index contributed by atoms with van der Waals surface area (Å²) in [5, 5.41) is 6.48. The monoisotopic (exact) mass is 496 g/mol. The number of rotatable bonds is 4. The molecular weight excluding hydrogens is 475 g/mol. The molecule has 29 heavy (non-hydrogen) atoms. The maximum absolute atomic E-state index is 12.6. The highest BCUT2D eigenvalue weighted by Crippen LogP contribution is 2.37. The molecule has 1 aromatic heterocycles. The van der Waals surface area contributed by atoms with Gasteiger partial charge in [0.2, 0.25) is 0 Å². The fraction of sp³-hybridized carbons (Fsp3) is 0.208. The maximum atomic E-state index is 12.6. The Morgan fingerprint density at radius 1 is 1.10 bits per heavy atom. The first-order chi connectivity index (χ1) is 14.2. The van der Waals surface area contributed by atoms with Gasteiger partial charge in [-0.25, -0.2) is 0 Å². The van der Waals surface area contributed by atoms with Gasteiger partial charge in [-0.1, -0.05) is 18.2 Å². The topological polar surface area (TPSA) is 54.3 Å². The van der Waals surface area contributed by atoms with Gasteiger partial charge in [0.25, 0.3) is 5.91 Å². The Morgan fingerprint density at radius 3 is 2.79 bits per heavy atom. The van der Waals surface area contributed by atoms with Gasteiger partial charge in [0.1, 0.15) is 11.5 Å². The third-order valence-electron chi connectivity index (χ3n) is 5.60. The molecule has 2 heterocycles. The van der Waals surface area contributed by atoms with Crippen molar-refractivity contribution in [3.05, 3.63) is 80.3 Å². The summed E-state index contributed by atoms with van der Waals surface area (Å²) in [6.45, 7) is 0.683. The summed E-state index contributed by atoms with van der Waals surface area (Å²) in [4.78, 5) is 12.6. The zero-order valence-corrected chi connectivity index (χ0v) is 18.1. The second-order valence-corrected chi connectivity index (χ2v) is 8.72. The van der Waals surface area contributed by atoms with Gasteiger partial charge in [0.15, 0.2) is 0 Å². The largest absolute Gasteiger partial charge is 0.461 e. The number of nitrogens with one attached hydrogen (secondary N) is 2. The summed E-state index contributed by atoms with van der Waals surface area (Å²) >= 11 is 2.28. The van der Waals surface area contributed by atoms with Crippen molar-refractivity contribution in [2.24, 2.45) is 0 Å². The van der Waals surface area contributed by atoms with Crippen LogP contribution in [-0.2, 0) is 24.2 Å². The fourth-order valence-electron chi connectivity index (χ4n) is 4.14. The minimum atomic E-state index is -0.0710. The summed E-state index contributed by atoms with van der Waals surface area (Å²) in [5.41, 5.74) is 6.04. The van der Waals surface area contributed by atoms with Gasteiger partial charge in [-0.15, -0.1) is 0 Å². The van der Waals surface area contributed by atoms with Crippen molar-refractivity contribution in [1.82, 2.24) is 0 Å². The second kappa shape index (κ2) is 7.71. The van der Waals surface area contributed by atoms with Crippen molar-refractivity contribution >= 4 is 51.5 Å². The van der Waals surface area contributed by atoms with E-state index >= 15 is 0 Å². The lowest BCUT2D eigenvalue weighted by molar-refractivity contribution is -0.110. The van der Waals surface area contributed by atoms with E-state index in [0.717, 1.165) is 51.3 Å². The number of hydrogen-bond donors (Lipinski definition) is 2. The molecule has 2 aromatic carbocycles. The third kappa shape index (κ3) is 3.59. The Labute approximate surface area is 183 Å². The predicted octanol–water partition coefficient (Wildman–Crippen LogP) is 5.87. The standard InChI is InChI=1S/C24H21IN2O2/c25-15-10-11-21-18(12-15)19(24(28)27-21)13-23-20(14-26-16-6-2-1-3-7-16)17-8-4-5-9-22(17)29-23/h1-3,6-7,10-13,26H,4-5,8-9,14H2,(H,27,28). The van der Waals surface area contributed by atoms with Crippen LogP contribution in [0, 0.1) is 3.57 Å². The highest BCUT2D eigenvalue weighted by molar-refractivity contribution is 14.1. The Hall–Kier alpha value is -2.54. The maximum Gasteiger partial charge on any atom is 0.256 e. The van der Waals surface area contributed by atoms with Gasteiger partial charge in [0, 0.05) is 39.0 Å². The van der Waals surface area contributed by atoms with E-state index in [1.165, 1.54) is 17.5 Å². The number of para-hydroxylation sites is 1. The van der Waals surface area contributed by atoms with Gasteiger partial charge in [-0.2, -0.15) is 0 Å². The van der Waals surface area contributed by atoms with Crippen LogP contribution in [0.3, 0.4) is 0 Å². The molecule has 5 heteroatoms. The number of anilines is 2. The van der Waals surface area contributed by atoms with E-state index in [1.807, 2.05) is 42.5 Å². The van der Waals surface area contributed by atoms with Crippen LogP contribution in [0.1, 0.15) is 41.1 Å². The molecule has 0 unspecified atom stereocenters. The number of carbonyl (C=O) groups excluding carboxylic acids is 1. The van der Waals surface area contributed by atoms with Crippen LogP contribution < -0.4 is 10.6 Å². The van der Waals surface area contributed by atoms with Gasteiger partial charge < -0.3 is 15.1 Å². The van der Waals surface area contributed by atoms with E-state index in [1.54, 1.807) is 0 Å². The van der Waals surface area contributed by atoms with Gasteiger partial charge in [-0.3, -0.25) is 4.79 Å². The molecular formula is C24H21IN2O2. The minimum absolute atomic E-state index is 0.0710. The quantitative estimate of drug-likeness (QED) is 0.351. The lowest BCUT2D eigenvalue weighted by Crippen LogP contribution is -2.06. The first-order valence-electron chi connectivity index (χ1n) is 9.94. The molecule has 0 saturated heterocycles. The number of amides is 1. The first kappa shape index (κ1) is 18.5. The highest BCUT2D eigenvalue weighted by Gasteiger charge is 2.27. The van der Waals surface area contributed by atoms with E-state index in [0.29, 0.717) is 12.1 Å². The lowest BCUT2D eigenvalue weighted by atomic mass is 9.94. The zero-order chi connectivity index (χ0) is 19.8. The molecule has 4 nitrogen and oxygen atoms in total. The van der Waals surface area contributed by atoms with Crippen LogP contribution >= 0.6 is 22.6 Å². The summed E-state index contributed by atoms with van der Waals surface area (Å²) in [6.07, 6.45) is 6.27. The van der Waals surface area contributed by atoms with Crippen molar-refractivity contribution in [3.8, 4) is 0 Å². The molecule has 0 spiro atoms. The van der Waals surface area contributed by atoms with Gasteiger partial charge in [-0.05, 0) is 83.8 Å². The van der Waals surface area contributed by atoms with Crippen LogP contribution in [0.4, 0.5) is 11.4 Å². The SMILES string of the molecule is O=C1Nc2ccc(I)cc2C1=Cc1oc2c(c1CNc1ccccc1)CCCC2. The van der Waals surface area contributed by atoms with Crippen LogP contribution in [0.25, 0.3) is 11.6 Å². The smallest absolute Gasteiger partial charge is 0.256 e. The number of aryl methyl sites for hydroxylation is 1. The van der Waals surface area contributed by atoms with Crippen molar-refractivity contribution < 1.29 is 9.21 Å². The molecule has 146 valence electrons. The molecule has 2 aliphatic rings. The molecule has 0 saturated carbocycles. The molecule has 1 amide bonds. The summed E-state index contributed by atoms with van der Waals surface area (Å²) < 4.78 is 7.39. The van der Waals surface area contributed by atoms with Crippen molar-refractivity contribution in [2.75, 3.05) is 10.6 Å². The molecule has 0 radical (unpaired) electrons. The summed E-state index contributed by atoms with van der Waals surface area (Å²) in [7, 11) is 0. The average Bonchev–Trinajstić information content (AvgIpc) is 3.24. The molecule has 1 aliphatic carbocycles.